The standard InChI is InChI=1S/C17H14N4O/c22-16(12-6-2-1-3-7-12)20-17-19-14-9-5-4-8-13(14)15-18-10-11-21(15)17/h1-9,18H,10-11H2. The van der Waals surface area contributed by atoms with Gasteiger partial charge in [0.05, 0.1) is 5.52 Å². The molecule has 0 atom stereocenters. The molecule has 1 aliphatic rings. The molecule has 1 aromatic heterocycles. The van der Waals surface area contributed by atoms with E-state index in [9.17, 15) is 4.79 Å². The predicted octanol–water partition coefficient (Wildman–Crippen LogP) is 2.20. The van der Waals surface area contributed by atoms with Crippen molar-refractivity contribution in [2.75, 3.05) is 11.9 Å². The first-order valence-corrected chi connectivity index (χ1v) is 7.20. The van der Waals surface area contributed by atoms with Gasteiger partial charge < -0.3 is 5.32 Å². The number of hydrogen-bond acceptors (Lipinski definition) is 3. The zero-order valence-electron chi connectivity index (χ0n) is 11.9. The fraction of sp³-hybridized carbons (Fsp3) is 0.118. The quantitative estimate of drug-likeness (QED) is 0.747. The Kier molecular flexibility index (Phi) is 2.96. The Balaban J connectivity index is 1.92. The highest BCUT2D eigenvalue weighted by atomic mass is 16.1. The van der Waals surface area contributed by atoms with Crippen molar-refractivity contribution in [2.45, 2.75) is 6.54 Å². The maximum absolute atomic E-state index is 12.3. The van der Waals surface area contributed by atoms with E-state index < -0.39 is 0 Å². The number of nitrogens with one attached hydrogen (secondary N) is 1. The number of anilines is 1. The Labute approximate surface area is 127 Å². The van der Waals surface area contributed by atoms with Gasteiger partial charge in [0.15, 0.2) is 0 Å². The van der Waals surface area contributed by atoms with Crippen LogP contribution in [0.15, 0.2) is 59.6 Å². The number of para-hydroxylation sites is 1. The van der Waals surface area contributed by atoms with Gasteiger partial charge in [0.1, 0.15) is 5.82 Å². The number of amides is 1. The zero-order chi connectivity index (χ0) is 14.9. The fourth-order valence-electron chi connectivity index (χ4n) is 2.69. The lowest BCUT2D eigenvalue weighted by Crippen LogP contribution is -2.24. The van der Waals surface area contributed by atoms with Crippen molar-refractivity contribution in [1.29, 1.82) is 0 Å². The van der Waals surface area contributed by atoms with Crippen LogP contribution in [0.3, 0.4) is 0 Å². The number of rotatable bonds is 1. The lowest BCUT2D eigenvalue weighted by molar-refractivity contribution is 0.0996. The van der Waals surface area contributed by atoms with E-state index in [1.165, 1.54) is 0 Å². The van der Waals surface area contributed by atoms with Crippen LogP contribution in [0.25, 0.3) is 10.9 Å². The van der Waals surface area contributed by atoms with Gasteiger partial charge in [-0.05, 0) is 24.3 Å². The van der Waals surface area contributed by atoms with E-state index in [0.29, 0.717) is 11.2 Å². The molecule has 0 spiro atoms. The fourth-order valence-corrected chi connectivity index (χ4v) is 2.69. The Bertz CT molecular complexity index is 928. The van der Waals surface area contributed by atoms with E-state index in [1.807, 2.05) is 47.0 Å². The van der Waals surface area contributed by atoms with Crippen molar-refractivity contribution < 1.29 is 4.79 Å². The monoisotopic (exact) mass is 290 g/mol. The Hall–Kier alpha value is -2.95. The van der Waals surface area contributed by atoms with Crippen LogP contribution in [0.4, 0.5) is 5.82 Å². The van der Waals surface area contributed by atoms with Gasteiger partial charge in [0.25, 0.3) is 5.91 Å². The van der Waals surface area contributed by atoms with Crippen LogP contribution in [0.5, 0.6) is 0 Å². The molecule has 0 saturated heterocycles. The lowest BCUT2D eigenvalue weighted by atomic mass is 10.2. The van der Waals surface area contributed by atoms with E-state index >= 15 is 0 Å². The molecule has 2 heterocycles. The number of carbonyl (C=O) groups excluding carboxylic acids is 1. The molecule has 0 radical (unpaired) electrons. The predicted molar refractivity (Wildman–Crippen MR) is 84.6 cm³/mol. The zero-order valence-corrected chi connectivity index (χ0v) is 11.9. The van der Waals surface area contributed by atoms with Crippen LogP contribution in [0.1, 0.15) is 10.4 Å². The summed E-state index contributed by atoms with van der Waals surface area (Å²) in [5, 5.41) is 4.40. The molecular weight excluding hydrogens is 276 g/mol. The molecule has 1 aliphatic heterocycles. The number of carbonyl (C=O) groups is 1. The van der Waals surface area contributed by atoms with Gasteiger partial charge in [-0.1, -0.05) is 30.3 Å². The first-order valence-electron chi connectivity index (χ1n) is 7.20. The highest BCUT2D eigenvalue weighted by molar-refractivity contribution is 5.95. The molecule has 0 unspecified atom stereocenters. The van der Waals surface area contributed by atoms with Crippen LogP contribution < -0.4 is 10.9 Å². The van der Waals surface area contributed by atoms with Crippen molar-refractivity contribution in [3.8, 4) is 0 Å². The summed E-state index contributed by atoms with van der Waals surface area (Å²) in [7, 11) is 0. The summed E-state index contributed by atoms with van der Waals surface area (Å²) in [5.74, 6) is 0.704. The van der Waals surface area contributed by atoms with Gasteiger partial charge in [-0.25, -0.2) is 4.98 Å². The Morgan fingerprint density at radius 1 is 1.09 bits per heavy atom. The number of aromatic nitrogens is 2. The molecule has 4 rings (SSSR count). The maximum Gasteiger partial charge on any atom is 0.280 e. The summed E-state index contributed by atoms with van der Waals surface area (Å²) in [6, 6.07) is 16.9. The first-order chi connectivity index (χ1) is 10.8. The number of benzene rings is 2. The molecule has 2 aromatic carbocycles. The summed E-state index contributed by atoms with van der Waals surface area (Å²) in [5.41, 5.74) is 1.85. The molecule has 3 aromatic rings. The highest BCUT2D eigenvalue weighted by Gasteiger charge is 2.15. The molecule has 0 bridgehead atoms. The third-order valence-corrected chi connectivity index (χ3v) is 3.74. The third-order valence-electron chi connectivity index (χ3n) is 3.74. The maximum atomic E-state index is 12.3. The average Bonchev–Trinajstić information content (AvgIpc) is 3.06. The van der Waals surface area contributed by atoms with Crippen molar-refractivity contribution in [2.24, 2.45) is 4.99 Å². The average molecular weight is 290 g/mol. The Morgan fingerprint density at radius 3 is 2.73 bits per heavy atom. The summed E-state index contributed by atoms with van der Waals surface area (Å²) >= 11 is 0. The van der Waals surface area contributed by atoms with Crippen LogP contribution >= 0.6 is 0 Å². The van der Waals surface area contributed by atoms with Gasteiger partial charge in [-0.3, -0.25) is 9.36 Å². The van der Waals surface area contributed by atoms with E-state index in [0.717, 1.165) is 29.8 Å². The largest absolute Gasteiger partial charge is 0.369 e. The van der Waals surface area contributed by atoms with E-state index in [1.54, 1.807) is 12.1 Å². The molecule has 5 heteroatoms. The van der Waals surface area contributed by atoms with Gasteiger partial charge in [0, 0.05) is 24.0 Å². The van der Waals surface area contributed by atoms with E-state index in [-0.39, 0.29) is 5.91 Å². The minimum Gasteiger partial charge on any atom is -0.369 e. The second kappa shape index (κ2) is 5.11. The van der Waals surface area contributed by atoms with Crippen LogP contribution in [-0.4, -0.2) is 22.0 Å². The van der Waals surface area contributed by atoms with Crippen molar-refractivity contribution in [3.05, 3.63) is 65.8 Å². The molecule has 108 valence electrons. The van der Waals surface area contributed by atoms with Crippen LogP contribution in [0.2, 0.25) is 0 Å². The minimum absolute atomic E-state index is 0.273. The molecule has 1 N–H and O–H groups in total. The summed E-state index contributed by atoms with van der Waals surface area (Å²) in [6.07, 6.45) is 0. The molecular formula is C17H14N4O. The van der Waals surface area contributed by atoms with Gasteiger partial charge in [-0.2, -0.15) is 4.99 Å². The summed E-state index contributed by atoms with van der Waals surface area (Å²) < 4.78 is 1.96. The van der Waals surface area contributed by atoms with Gasteiger partial charge in [0.2, 0.25) is 5.62 Å². The number of nitrogens with zero attached hydrogens (tertiary/aromatic N) is 3. The molecule has 0 fully saturated rings. The minimum atomic E-state index is -0.273. The second-order valence-corrected chi connectivity index (χ2v) is 5.14. The smallest absolute Gasteiger partial charge is 0.280 e. The summed E-state index contributed by atoms with van der Waals surface area (Å²) in [4.78, 5) is 21.1. The van der Waals surface area contributed by atoms with Crippen molar-refractivity contribution in [3.63, 3.8) is 0 Å². The van der Waals surface area contributed by atoms with Crippen molar-refractivity contribution in [1.82, 2.24) is 9.55 Å². The normalized spacial score (nSPS) is 13.9. The van der Waals surface area contributed by atoms with Gasteiger partial charge in [-0.15, -0.1) is 0 Å². The first kappa shape index (κ1) is 12.8. The molecule has 5 nitrogen and oxygen atoms in total. The topological polar surface area (TPSA) is 59.3 Å². The third kappa shape index (κ3) is 2.07. The SMILES string of the molecule is O=C(N=c1nc2ccccc2c2n1CCN2)c1ccccc1. The molecule has 22 heavy (non-hydrogen) atoms. The highest BCUT2D eigenvalue weighted by Crippen LogP contribution is 2.22. The Morgan fingerprint density at radius 2 is 1.86 bits per heavy atom. The number of fused-ring (bicyclic) bond motifs is 3. The lowest BCUT2D eigenvalue weighted by Gasteiger charge is -2.07. The molecule has 0 aliphatic carbocycles. The van der Waals surface area contributed by atoms with E-state index in [2.05, 4.69) is 15.3 Å². The van der Waals surface area contributed by atoms with Crippen molar-refractivity contribution >= 4 is 22.6 Å². The summed E-state index contributed by atoms with van der Waals surface area (Å²) in [6.45, 7) is 1.58. The molecule has 0 saturated carbocycles. The van der Waals surface area contributed by atoms with Gasteiger partial charge >= 0.3 is 0 Å². The number of hydrogen-bond donors (Lipinski definition) is 1. The van der Waals surface area contributed by atoms with Crippen LogP contribution in [0, 0.1) is 0 Å². The second-order valence-electron chi connectivity index (χ2n) is 5.14. The van der Waals surface area contributed by atoms with Crippen LogP contribution in [-0.2, 0) is 6.54 Å². The molecule has 1 amide bonds. The van der Waals surface area contributed by atoms with E-state index in [4.69, 9.17) is 0 Å².